The molecule has 0 unspecified atom stereocenters. The Labute approximate surface area is 194 Å². The van der Waals surface area contributed by atoms with Crippen LogP contribution in [0, 0.1) is 0 Å². The van der Waals surface area contributed by atoms with Gasteiger partial charge < -0.3 is 4.57 Å². The second-order valence-corrected chi connectivity index (χ2v) is 8.79. The summed E-state index contributed by atoms with van der Waals surface area (Å²) >= 11 is 8.73. The fourth-order valence-electron chi connectivity index (χ4n) is 3.40. The Hall–Kier alpha value is -3.03. The average molecular weight is 494 g/mol. The normalized spacial score (nSPS) is 15.7. The van der Waals surface area contributed by atoms with Crippen LogP contribution in [0.15, 0.2) is 76.9 Å². The Balaban J connectivity index is 1.70. The first-order valence-corrected chi connectivity index (χ1v) is 11.0. The molecule has 2 heterocycles. The topological polar surface area (TPSA) is 54.3 Å². The molecule has 4 rings (SSSR count). The molecule has 1 saturated heterocycles. The minimum absolute atomic E-state index is 0.0265. The van der Waals surface area contributed by atoms with Gasteiger partial charge in [0, 0.05) is 22.1 Å². The number of halogens is 1. The average Bonchev–Trinajstić information content (AvgIpc) is 3.20. The van der Waals surface area contributed by atoms with Crippen molar-refractivity contribution >= 4 is 56.8 Å². The highest BCUT2D eigenvalue weighted by Gasteiger charge is 2.34. The minimum Gasteiger partial charge on any atom is -0.317 e. The highest BCUT2D eigenvalue weighted by atomic mass is 79.9. The molecular weight excluding hydrogens is 474 g/mol. The molecular formula is C24H20BrN3O2S. The molecule has 0 radical (unpaired) electrons. The van der Waals surface area contributed by atoms with Crippen LogP contribution in [0.4, 0.5) is 5.69 Å². The molecule has 0 spiro atoms. The van der Waals surface area contributed by atoms with Crippen LogP contribution in [-0.2, 0) is 9.59 Å². The van der Waals surface area contributed by atoms with Gasteiger partial charge in [0.2, 0.25) is 0 Å². The Kier molecular flexibility index (Phi) is 5.89. The summed E-state index contributed by atoms with van der Waals surface area (Å²) in [5, 5.41) is 2.72. The number of hydrogen-bond acceptors (Lipinski definition) is 3. The van der Waals surface area contributed by atoms with Gasteiger partial charge in [0.15, 0.2) is 5.11 Å². The molecule has 0 saturated carbocycles. The molecule has 1 aliphatic rings. The molecule has 1 fully saturated rings. The van der Waals surface area contributed by atoms with Gasteiger partial charge >= 0.3 is 0 Å². The summed E-state index contributed by atoms with van der Waals surface area (Å²) in [5.41, 5.74) is 3.43. The molecule has 1 aromatic heterocycles. The second-order valence-electron chi connectivity index (χ2n) is 7.48. The molecule has 5 nitrogen and oxygen atoms in total. The maximum Gasteiger partial charge on any atom is 0.270 e. The van der Waals surface area contributed by atoms with Gasteiger partial charge in [-0.1, -0.05) is 41.9 Å². The van der Waals surface area contributed by atoms with Crippen LogP contribution in [0.2, 0.25) is 0 Å². The molecule has 156 valence electrons. The fourth-order valence-corrected chi connectivity index (χ4v) is 3.94. The van der Waals surface area contributed by atoms with E-state index in [-0.39, 0.29) is 10.7 Å². The van der Waals surface area contributed by atoms with Crippen molar-refractivity contribution in [2.24, 2.45) is 0 Å². The monoisotopic (exact) mass is 493 g/mol. The van der Waals surface area contributed by atoms with E-state index in [0.29, 0.717) is 17.3 Å². The largest absolute Gasteiger partial charge is 0.317 e. The summed E-state index contributed by atoms with van der Waals surface area (Å²) in [6.45, 7) is 4.21. The third kappa shape index (κ3) is 4.24. The summed E-state index contributed by atoms with van der Waals surface area (Å²) in [7, 11) is 0. The van der Waals surface area contributed by atoms with E-state index < -0.39 is 11.8 Å². The number of hydrogen-bond donors (Lipinski definition) is 1. The van der Waals surface area contributed by atoms with Gasteiger partial charge in [-0.05, 0) is 78.3 Å². The maximum absolute atomic E-state index is 13.3. The summed E-state index contributed by atoms with van der Waals surface area (Å²) < 4.78 is 2.88. The maximum atomic E-state index is 13.3. The predicted molar refractivity (Wildman–Crippen MR) is 130 cm³/mol. The van der Waals surface area contributed by atoms with E-state index in [0.717, 1.165) is 15.7 Å². The number of anilines is 1. The lowest BCUT2D eigenvalue weighted by molar-refractivity contribution is -0.122. The van der Waals surface area contributed by atoms with Crippen LogP contribution in [0.25, 0.3) is 11.8 Å². The molecule has 2 aromatic carbocycles. The van der Waals surface area contributed by atoms with Crippen LogP contribution < -0.4 is 10.2 Å². The van der Waals surface area contributed by atoms with Gasteiger partial charge in [0.25, 0.3) is 11.8 Å². The first kappa shape index (κ1) is 21.2. The van der Waals surface area contributed by atoms with Gasteiger partial charge in [0.05, 0.1) is 5.69 Å². The van der Waals surface area contributed by atoms with Crippen molar-refractivity contribution in [3.63, 3.8) is 0 Å². The van der Waals surface area contributed by atoms with Crippen molar-refractivity contribution in [2.45, 2.75) is 19.8 Å². The molecule has 31 heavy (non-hydrogen) atoms. The number of amides is 2. The lowest BCUT2D eigenvalue weighted by Crippen LogP contribution is -2.54. The van der Waals surface area contributed by atoms with Crippen molar-refractivity contribution in [1.82, 2.24) is 9.88 Å². The SMILES string of the molecule is CC(C)c1ccc(N2C(=O)/C(=C/c3cccn3-c3ccc(Br)cc3)C(=O)NC2=S)cc1. The molecule has 7 heteroatoms. The third-order valence-corrected chi connectivity index (χ3v) is 5.91. The third-order valence-electron chi connectivity index (χ3n) is 5.10. The first-order valence-electron chi connectivity index (χ1n) is 9.80. The van der Waals surface area contributed by atoms with Crippen molar-refractivity contribution in [1.29, 1.82) is 0 Å². The van der Waals surface area contributed by atoms with Crippen molar-refractivity contribution < 1.29 is 9.59 Å². The molecule has 1 N–H and O–H groups in total. The molecule has 0 aliphatic carbocycles. The van der Waals surface area contributed by atoms with Crippen LogP contribution in [-0.4, -0.2) is 21.5 Å². The van der Waals surface area contributed by atoms with E-state index >= 15 is 0 Å². The van der Waals surface area contributed by atoms with Gasteiger partial charge in [0.1, 0.15) is 5.57 Å². The van der Waals surface area contributed by atoms with Gasteiger partial charge in [-0.2, -0.15) is 0 Å². The zero-order valence-electron chi connectivity index (χ0n) is 17.0. The fraction of sp³-hybridized carbons (Fsp3) is 0.125. The highest BCUT2D eigenvalue weighted by Crippen LogP contribution is 2.25. The number of nitrogens with one attached hydrogen (secondary N) is 1. The zero-order valence-corrected chi connectivity index (χ0v) is 19.4. The van der Waals surface area contributed by atoms with Crippen molar-refractivity contribution in [2.75, 3.05) is 4.90 Å². The zero-order chi connectivity index (χ0) is 22.1. The standard InChI is InChI=1S/C24H20BrN3O2S/c1-15(2)16-5-9-19(10-6-16)28-23(30)21(22(29)26-24(28)31)14-20-4-3-13-27(20)18-11-7-17(25)8-12-18/h3-15H,1-2H3,(H,26,29,31)/b21-14+. The number of thiocarbonyl (C=S) groups is 1. The second kappa shape index (κ2) is 8.61. The molecule has 0 bridgehead atoms. The van der Waals surface area contributed by atoms with E-state index in [4.69, 9.17) is 12.2 Å². The van der Waals surface area contributed by atoms with Crippen LogP contribution in [0.1, 0.15) is 31.0 Å². The van der Waals surface area contributed by atoms with E-state index in [9.17, 15) is 9.59 Å². The molecule has 1 aliphatic heterocycles. The smallest absolute Gasteiger partial charge is 0.270 e. The number of benzene rings is 2. The summed E-state index contributed by atoms with van der Waals surface area (Å²) in [4.78, 5) is 27.3. The Bertz CT molecular complexity index is 1190. The molecule has 3 aromatic rings. The summed E-state index contributed by atoms with van der Waals surface area (Å²) in [6.07, 6.45) is 3.48. The Morgan fingerprint density at radius 1 is 0.968 bits per heavy atom. The van der Waals surface area contributed by atoms with E-state index in [1.165, 1.54) is 4.90 Å². The predicted octanol–water partition coefficient (Wildman–Crippen LogP) is 5.19. The number of aromatic nitrogens is 1. The molecule has 2 amide bonds. The lowest BCUT2D eigenvalue weighted by Gasteiger charge is -2.29. The Morgan fingerprint density at radius 2 is 1.61 bits per heavy atom. The number of carbonyl (C=O) groups excluding carboxylic acids is 2. The van der Waals surface area contributed by atoms with Gasteiger partial charge in [-0.15, -0.1) is 0 Å². The highest BCUT2D eigenvalue weighted by molar-refractivity contribution is 9.10. The van der Waals surface area contributed by atoms with Crippen molar-refractivity contribution in [3.05, 3.63) is 88.2 Å². The van der Waals surface area contributed by atoms with E-state index in [1.54, 1.807) is 6.08 Å². The number of nitrogens with zero attached hydrogens (tertiary/aromatic N) is 2. The quantitative estimate of drug-likeness (QED) is 0.309. The minimum atomic E-state index is -0.506. The summed E-state index contributed by atoms with van der Waals surface area (Å²) in [5.74, 6) is -0.581. The number of rotatable bonds is 4. The summed E-state index contributed by atoms with van der Waals surface area (Å²) in [6, 6.07) is 19.1. The van der Waals surface area contributed by atoms with Crippen LogP contribution in [0.5, 0.6) is 0 Å². The van der Waals surface area contributed by atoms with Gasteiger partial charge in [-0.25, -0.2) is 0 Å². The Morgan fingerprint density at radius 3 is 2.26 bits per heavy atom. The van der Waals surface area contributed by atoms with Crippen molar-refractivity contribution in [3.8, 4) is 5.69 Å². The molecule has 0 atom stereocenters. The van der Waals surface area contributed by atoms with E-state index in [2.05, 4.69) is 35.1 Å². The van der Waals surface area contributed by atoms with Crippen LogP contribution in [0.3, 0.4) is 0 Å². The van der Waals surface area contributed by atoms with Crippen LogP contribution >= 0.6 is 28.1 Å². The first-order chi connectivity index (χ1) is 14.8. The van der Waals surface area contributed by atoms with E-state index in [1.807, 2.05) is 71.4 Å². The van der Waals surface area contributed by atoms with Gasteiger partial charge in [-0.3, -0.25) is 19.8 Å². The number of carbonyl (C=O) groups is 2. The lowest BCUT2D eigenvalue weighted by atomic mass is 10.0.